The molecule has 2 heterocycles. The molecule has 0 unspecified atom stereocenters. The van der Waals surface area contributed by atoms with E-state index in [-0.39, 0.29) is 0 Å². The van der Waals surface area contributed by atoms with E-state index >= 15 is 0 Å². The highest BCUT2D eigenvalue weighted by Gasteiger charge is 2.28. The summed E-state index contributed by atoms with van der Waals surface area (Å²) >= 11 is 2.00. The van der Waals surface area contributed by atoms with E-state index in [1.165, 1.54) is 47.5 Å². The van der Waals surface area contributed by atoms with Crippen LogP contribution in [0.1, 0.15) is 47.7 Å². The van der Waals surface area contributed by atoms with Gasteiger partial charge in [-0.3, -0.25) is 0 Å². The number of thioether (sulfide) groups is 1. The minimum atomic E-state index is 0.720. The molecule has 2 nitrogen and oxygen atoms in total. The molecule has 1 saturated carbocycles. The van der Waals surface area contributed by atoms with E-state index in [0.717, 1.165) is 18.2 Å². The Labute approximate surface area is 88.6 Å². The molecule has 3 N–H and O–H groups in total. The highest BCUT2D eigenvalue weighted by Crippen LogP contribution is 2.42. The summed E-state index contributed by atoms with van der Waals surface area (Å²) in [6, 6.07) is 0. The van der Waals surface area contributed by atoms with E-state index in [1.54, 1.807) is 0 Å². The van der Waals surface area contributed by atoms with Crippen LogP contribution in [0.25, 0.3) is 0 Å². The van der Waals surface area contributed by atoms with Crippen molar-refractivity contribution < 1.29 is 0 Å². The monoisotopic (exact) mass is 208 g/mol. The lowest BCUT2D eigenvalue weighted by Crippen LogP contribution is -2.13. The first-order valence-corrected chi connectivity index (χ1v) is 6.56. The maximum atomic E-state index is 5.86. The third-order valence-corrected chi connectivity index (χ3v) is 4.54. The number of hydrogen-bond acceptors (Lipinski definition) is 2. The fourth-order valence-electron chi connectivity index (χ4n) is 2.49. The summed E-state index contributed by atoms with van der Waals surface area (Å²) < 4.78 is 0. The maximum Gasteiger partial charge on any atom is 0.0342 e. The second-order valence-corrected chi connectivity index (χ2v) is 5.28. The first-order valence-electron chi connectivity index (χ1n) is 5.40. The number of rotatable bonds is 2. The van der Waals surface area contributed by atoms with Gasteiger partial charge in [0.1, 0.15) is 0 Å². The van der Waals surface area contributed by atoms with E-state index in [2.05, 4.69) is 4.98 Å². The van der Waals surface area contributed by atoms with Crippen LogP contribution >= 0.6 is 11.8 Å². The van der Waals surface area contributed by atoms with E-state index < -0.39 is 0 Å². The minimum absolute atomic E-state index is 0.720. The lowest BCUT2D eigenvalue weighted by atomic mass is 9.81. The number of hydrogen-bond donors (Lipinski definition) is 2. The topological polar surface area (TPSA) is 41.8 Å². The molecule has 0 atom stereocenters. The molecule has 1 aliphatic carbocycles. The van der Waals surface area contributed by atoms with E-state index in [9.17, 15) is 0 Å². The summed E-state index contributed by atoms with van der Waals surface area (Å²) in [6.07, 6.45) is 4.12. The van der Waals surface area contributed by atoms with Crippen LogP contribution < -0.4 is 5.73 Å². The molecular weight excluding hydrogens is 192 g/mol. The molecule has 3 rings (SSSR count). The van der Waals surface area contributed by atoms with Crippen molar-refractivity contribution in [3.63, 3.8) is 0 Å². The summed E-state index contributed by atoms with van der Waals surface area (Å²) in [6.45, 7) is 0.720. The number of aromatic nitrogens is 1. The zero-order valence-electron chi connectivity index (χ0n) is 8.31. The summed E-state index contributed by atoms with van der Waals surface area (Å²) in [5.74, 6) is 3.13. The Bertz CT molecular complexity index is 352. The fraction of sp³-hybridized carbons (Fsp3) is 0.636. The molecule has 0 bridgehead atoms. The average Bonchev–Trinajstić information content (AvgIpc) is 2.60. The normalized spacial score (nSPS) is 20.9. The van der Waals surface area contributed by atoms with Crippen LogP contribution in [0.15, 0.2) is 0 Å². The lowest BCUT2D eigenvalue weighted by Gasteiger charge is -2.26. The standard InChI is InChI=1S/C11H16N2S/c12-4-8-9-5-14-6-10(9)13-11(8)7-2-1-3-7/h7,13H,1-6,12H2. The highest BCUT2D eigenvalue weighted by molar-refractivity contribution is 7.98. The molecule has 3 heteroatoms. The van der Waals surface area contributed by atoms with Gasteiger partial charge >= 0.3 is 0 Å². The van der Waals surface area contributed by atoms with Crippen molar-refractivity contribution in [1.82, 2.24) is 4.98 Å². The van der Waals surface area contributed by atoms with Gasteiger partial charge in [-0.25, -0.2) is 0 Å². The third-order valence-electron chi connectivity index (χ3n) is 3.55. The Morgan fingerprint density at radius 1 is 1.36 bits per heavy atom. The van der Waals surface area contributed by atoms with Crippen LogP contribution in [-0.2, 0) is 18.1 Å². The fourth-order valence-corrected chi connectivity index (χ4v) is 3.59. The SMILES string of the molecule is NCc1c(C2CCC2)[nH]c2c1CSC2. The molecule has 14 heavy (non-hydrogen) atoms. The number of aromatic amines is 1. The van der Waals surface area contributed by atoms with Gasteiger partial charge in [0.15, 0.2) is 0 Å². The largest absolute Gasteiger partial charge is 0.361 e. The number of nitrogens with two attached hydrogens (primary N) is 1. The van der Waals surface area contributed by atoms with Gasteiger partial charge < -0.3 is 10.7 Å². The number of H-pyrrole nitrogens is 1. The van der Waals surface area contributed by atoms with Gasteiger partial charge in [-0.15, -0.1) is 0 Å². The molecule has 0 spiro atoms. The Balaban J connectivity index is 2.02. The first kappa shape index (κ1) is 8.86. The Morgan fingerprint density at radius 3 is 2.86 bits per heavy atom. The summed E-state index contributed by atoms with van der Waals surface area (Å²) in [5.41, 5.74) is 11.8. The van der Waals surface area contributed by atoms with Crippen LogP contribution in [-0.4, -0.2) is 4.98 Å². The first-order chi connectivity index (χ1) is 6.90. The van der Waals surface area contributed by atoms with Gasteiger partial charge in [-0.05, 0) is 29.9 Å². The predicted octanol–water partition coefficient (Wildman–Crippen LogP) is 2.49. The van der Waals surface area contributed by atoms with Gasteiger partial charge in [0.2, 0.25) is 0 Å². The average molecular weight is 208 g/mol. The zero-order chi connectivity index (χ0) is 9.54. The van der Waals surface area contributed by atoms with E-state index in [0.29, 0.717) is 0 Å². The molecule has 1 aliphatic heterocycles. The van der Waals surface area contributed by atoms with Gasteiger partial charge in [-0.1, -0.05) is 6.42 Å². The minimum Gasteiger partial charge on any atom is -0.361 e. The van der Waals surface area contributed by atoms with Gasteiger partial charge in [0.25, 0.3) is 0 Å². The van der Waals surface area contributed by atoms with Crippen molar-refractivity contribution in [2.75, 3.05) is 0 Å². The van der Waals surface area contributed by atoms with Crippen LogP contribution in [0.4, 0.5) is 0 Å². The smallest absolute Gasteiger partial charge is 0.0342 e. The van der Waals surface area contributed by atoms with Crippen molar-refractivity contribution in [2.45, 2.75) is 43.2 Å². The van der Waals surface area contributed by atoms with Crippen molar-refractivity contribution in [3.05, 3.63) is 22.5 Å². The predicted molar refractivity (Wildman–Crippen MR) is 60.3 cm³/mol. The Morgan fingerprint density at radius 2 is 2.21 bits per heavy atom. The van der Waals surface area contributed by atoms with Gasteiger partial charge in [-0.2, -0.15) is 11.8 Å². The number of nitrogens with one attached hydrogen (secondary N) is 1. The molecule has 0 aromatic carbocycles. The summed E-state index contributed by atoms with van der Waals surface area (Å²) in [7, 11) is 0. The molecule has 76 valence electrons. The lowest BCUT2D eigenvalue weighted by molar-refractivity contribution is 0.409. The molecule has 0 radical (unpaired) electrons. The molecule has 1 fully saturated rings. The van der Waals surface area contributed by atoms with Crippen LogP contribution in [0.5, 0.6) is 0 Å². The second-order valence-electron chi connectivity index (χ2n) is 4.30. The molecular formula is C11H16N2S. The Hall–Kier alpha value is -0.410. The maximum absolute atomic E-state index is 5.86. The summed E-state index contributed by atoms with van der Waals surface area (Å²) in [4.78, 5) is 3.61. The molecule has 1 aromatic heterocycles. The molecule has 0 amide bonds. The van der Waals surface area contributed by atoms with E-state index in [1.807, 2.05) is 11.8 Å². The van der Waals surface area contributed by atoms with E-state index in [4.69, 9.17) is 5.73 Å². The molecule has 2 aliphatic rings. The van der Waals surface area contributed by atoms with Crippen molar-refractivity contribution in [3.8, 4) is 0 Å². The second kappa shape index (κ2) is 3.31. The molecule has 0 saturated heterocycles. The highest BCUT2D eigenvalue weighted by atomic mass is 32.2. The van der Waals surface area contributed by atoms with Crippen molar-refractivity contribution >= 4 is 11.8 Å². The van der Waals surface area contributed by atoms with Crippen LogP contribution in [0, 0.1) is 0 Å². The molecule has 1 aromatic rings. The summed E-state index contributed by atoms with van der Waals surface area (Å²) in [5, 5.41) is 0. The van der Waals surface area contributed by atoms with Gasteiger partial charge in [0, 0.05) is 29.4 Å². The zero-order valence-corrected chi connectivity index (χ0v) is 9.12. The van der Waals surface area contributed by atoms with Crippen LogP contribution in [0.3, 0.4) is 0 Å². The number of fused-ring (bicyclic) bond motifs is 1. The Kier molecular flexibility index (Phi) is 2.10. The van der Waals surface area contributed by atoms with Crippen LogP contribution in [0.2, 0.25) is 0 Å². The quantitative estimate of drug-likeness (QED) is 0.784. The van der Waals surface area contributed by atoms with Crippen molar-refractivity contribution in [1.29, 1.82) is 0 Å². The third kappa shape index (κ3) is 1.15. The van der Waals surface area contributed by atoms with Crippen molar-refractivity contribution in [2.24, 2.45) is 5.73 Å². The van der Waals surface area contributed by atoms with Gasteiger partial charge in [0.05, 0.1) is 0 Å².